The second-order valence-corrected chi connectivity index (χ2v) is 10.3. The minimum absolute atomic E-state index is 0.0406. The lowest BCUT2D eigenvalue weighted by atomic mass is 9.79. The van der Waals surface area contributed by atoms with E-state index in [4.69, 9.17) is 28.6 Å². The van der Waals surface area contributed by atoms with Gasteiger partial charge >= 0.3 is 0 Å². The first kappa shape index (κ1) is 23.8. The Labute approximate surface area is 195 Å². The summed E-state index contributed by atoms with van der Waals surface area (Å²) in [5, 5.41) is 8.27. The first-order valence-electron chi connectivity index (χ1n) is 10.4. The number of hydrogen-bond acceptors (Lipinski definition) is 3. The lowest BCUT2D eigenvalue weighted by molar-refractivity contribution is 0.101. The van der Waals surface area contributed by atoms with Crippen molar-refractivity contribution in [3.8, 4) is 5.75 Å². The van der Waals surface area contributed by atoms with E-state index in [0.717, 1.165) is 24.1 Å². The summed E-state index contributed by atoms with van der Waals surface area (Å²) in [6.07, 6.45) is 1.86. The molecule has 2 N–H and O–H groups in total. The predicted octanol–water partition coefficient (Wildman–Crippen LogP) is 6.00. The molecule has 3 rings (SSSR count). The molecule has 0 aromatic heterocycles. The molecule has 0 spiro atoms. The van der Waals surface area contributed by atoms with Gasteiger partial charge in [0.25, 0.3) is 0 Å². The van der Waals surface area contributed by atoms with Crippen molar-refractivity contribution in [3.05, 3.63) is 58.9 Å². The van der Waals surface area contributed by atoms with Gasteiger partial charge < -0.3 is 20.3 Å². The Hall–Kier alpha value is -1.89. The van der Waals surface area contributed by atoms with E-state index in [0.29, 0.717) is 22.4 Å². The van der Waals surface area contributed by atoms with Crippen LogP contribution in [0.3, 0.4) is 0 Å². The third-order valence-electron chi connectivity index (χ3n) is 5.54. The third kappa shape index (κ3) is 6.31. The lowest BCUT2D eigenvalue weighted by Crippen LogP contribution is -2.63. The van der Waals surface area contributed by atoms with Crippen LogP contribution in [0, 0.1) is 5.82 Å². The monoisotopic (exact) mass is 463 g/mol. The molecule has 0 bridgehead atoms. The zero-order valence-electron chi connectivity index (χ0n) is 18.8. The number of thiocarbonyl (C=S) groups is 1. The Morgan fingerprint density at radius 1 is 1.16 bits per heavy atom. The number of piperidine rings is 1. The van der Waals surface area contributed by atoms with Crippen LogP contribution in [0.25, 0.3) is 0 Å². The van der Waals surface area contributed by atoms with Crippen LogP contribution in [-0.4, -0.2) is 34.2 Å². The van der Waals surface area contributed by atoms with Gasteiger partial charge in [-0.05, 0) is 82.6 Å². The van der Waals surface area contributed by atoms with Crippen molar-refractivity contribution in [2.24, 2.45) is 0 Å². The SMILES string of the molecule is COc1cc(Cl)ccc1NC(=S)N(Cc1ccc(F)cc1)C1CC(C)(C)NC(C)(C)C1. The van der Waals surface area contributed by atoms with E-state index in [1.807, 2.05) is 18.2 Å². The molecule has 2 aromatic carbocycles. The normalized spacial score (nSPS) is 17.8. The fourth-order valence-electron chi connectivity index (χ4n) is 4.60. The second kappa shape index (κ2) is 9.31. The maximum atomic E-state index is 13.5. The summed E-state index contributed by atoms with van der Waals surface area (Å²) < 4.78 is 18.9. The largest absolute Gasteiger partial charge is 0.495 e. The average molecular weight is 464 g/mol. The first-order valence-corrected chi connectivity index (χ1v) is 11.2. The van der Waals surface area contributed by atoms with Gasteiger partial charge in [-0.1, -0.05) is 23.7 Å². The zero-order chi connectivity index (χ0) is 22.8. The van der Waals surface area contributed by atoms with Crippen LogP contribution in [-0.2, 0) is 6.54 Å². The Morgan fingerprint density at radius 2 is 1.77 bits per heavy atom. The second-order valence-electron chi connectivity index (χ2n) is 9.48. The van der Waals surface area contributed by atoms with E-state index < -0.39 is 0 Å². The summed E-state index contributed by atoms with van der Waals surface area (Å²) in [4.78, 5) is 2.21. The molecule has 0 saturated carbocycles. The van der Waals surface area contributed by atoms with Crippen molar-refractivity contribution < 1.29 is 9.13 Å². The Bertz CT molecular complexity index is 917. The molecular formula is C24H31ClFN3OS. The molecule has 1 aliphatic heterocycles. The molecule has 1 fully saturated rings. The van der Waals surface area contributed by atoms with Crippen LogP contribution in [0.2, 0.25) is 5.02 Å². The van der Waals surface area contributed by atoms with Crippen molar-refractivity contribution in [3.63, 3.8) is 0 Å². The van der Waals surface area contributed by atoms with Gasteiger partial charge in [0.15, 0.2) is 5.11 Å². The topological polar surface area (TPSA) is 36.5 Å². The standard InChI is InChI=1S/C24H31ClFN3OS/c1-23(2)13-19(14-24(3,4)28-23)29(15-16-6-9-18(26)10-7-16)22(31)27-20-11-8-17(25)12-21(20)30-5/h6-12,19,28H,13-15H2,1-5H3,(H,27,31). The molecule has 0 atom stereocenters. The average Bonchev–Trinajstić information content (AvgIpc) is 2.66. The molecule has 1 heterocycles. The van der Waals surface area contributed by atoms with E-state index in [-0.39, 0.29) is 22.9 Å². The molecule has 31 heavy (non-hydrogen) atoms. The van der Waals surface area contributed by atoms with Gasteiger partial charge in [0.2, 0.25) is 0 Å². The Balaban J connectivity index is 1.91. The van der Waals surface area contributed by atoms with E-state index in [1.165, 1.54) is 12.1 Å². The molecule has 0 radical (unpaired) electrons. The molecule has 7 heteroatoms. The summed E-state index contributed by atoms with van der Waals surface area (Å²) in [5.74, 6) is 0.383. The number of methoxy groups -OCH3 is 1. The number of nitrogens with one attached hydrogen (secondary N) is 2. The molecule has 168 valence electrons. The number of rotatable bonds is 5. The quantitative estimate of drug-likeness (QED) is 0.532. The first-order chi connectivity index (χ1) is 14.5. The molecule has 0 unspecified atom stereocenters. The zero-order valence-corrected chi connectivity index (χ0v) is 20.3. The number of nitrogens with zero attached hydrogens (tertiary/aromatic N) is 1. The van der Waals surface area contributed by atoms with Crippen LogP contribution in [0.4, 0.5) is 10.1 Å². The van der Waals surface area contributed by atoms with Crippen LogP contribution in [0.1, 0.15) is 46.1 Å². The summed E-state index contributed by atoms with van der Waals surface area (Å²) in [6, 6.07) is 12.2. The van der Waals surface area contributed by atoms with E-state index in [1.54, 1.807) is 19.2 Å². The van der Waals surface area contributed by atoms with Crippen LogP contribution >= 0.6 is 23.8 Å². The molecule has 4 nitrogen and oxygen atoms in total. The minimum Gasteiger partial charge on any atom is -0.495 e. The number of hydrogen-bond donors (Lipinski definition) is 2. The maximum absolute atomic E-state index is 13.5. The van der Waals surface area contributed by atoms with Gasteiger partial charge in [0.1, 0.15) is 11.6 Å². The smallest absolute Gasteiger partial charge is 0.174 e. The van der Waals surface area contributed by atoms with E-state index in [2.05, 4.69) is 43.2 Å². The highest BCUT2D eigenvalue weighted by atomic mass is 35.5. The predicted molar refractivity (Wildman–Crippen MR) is 130 cm³/mol. The van der Waals surface area contributed by atoms with Gasteiger partial charge in [-0.25, -0.2) is 4.39 Å². The van der Waals surface area contributed by atoms with E-state index in [9.17, 15) is 4.39 Å². The summed E-state index contributed by atoms with van der Waals surface area (Å²) >= 11 is 12.0. The van der Waals surface area contributed by atoms with Gasteiger partial charge in [0, 0.05) is 34.8 Å². The van der Waals surface area contributed by atoms with Crippen molar-refractivity contribution in [2.75, 3.05) is 12.4 Å². The number of ether oxygens (including phenoxy) is 1. The van der Waals surface area contributed by atoms with Crippen molar-refractivity contribution in [1.29, 1.82) is 0 Å². The van der Waals surface area contributed by atoms with Crippen LogP contribution in [0.15, 0.2) is 42.5 Å². The number of halogens is 2. The highest BCUT2D eigenvalue weighted by Gasteiger charge is 2.40. The summed E-state index contributed by atoms with van der Waals surface area (Å²) in [5.41, 5.74) is 1.68. The Kier molecular flexibility index (Phi) is 7.14. The van der Waals surface area contributed by atoms with Crippen molar-refractivity contribution in [1.82, 2.24) is 10.2 Å². The highest BCUT2D eigenvalue weighted by molar-refractivity contribution is 7.80. The molecule has 1 aliphatic rings. The number of anilines is 1. The maximum Gasteiger partial charge on any atom is 0.174 e. The highest BCUT2D eigenvalue weighted by Crippen LogP contribution is 2.34. The van der Waals surface area contributed by atoms with Crippen LogP contribution in [0.5, 0.6) is 5.75 Å². The molecule has 0 aliphatic carbocycles. The molecular weight excluding hydrogens is 433 g/mol. The molecule has 1 saturated heterocycles. The number of benzene rings is 2. The summed E-state index contributed by atoms with van der Waals surface area (Å²) in [6.45, 7) is 9.45. The van der Waals surface area contributed by atoms with Gasteiger partial charge in [-0.3, -0.25) is 0 Å². The lowest BCUT2D eigenvalue weighted by Gasteiger charge is -2.50. The minimum atomic E-state index is -0.244. The van der Waals surface area contributed by atoms with Crippen molar-refractivity contribution in [2.45, 2.75) is 64.2 Å². The van der Waals surface area contributed by atoms with Crippen LogP contribution < -0.4 is 15.4 Å². The fourth-order valence-corrected chi connectivity index (χ4v) is 5.08. The van der Waals surface area contributed by atoms with Gasteiger partial charge in [0.05, 0.1) is 12.8 Å². The molecule has 2 aromatic rings. The van der Waals surface area contributed by atoms with Gasteiger partial charge in [-0.15, -0.1) is 0 Å². The van der Waals surface area contributed by atoms with Gasteiger partial charge in [-0.2, -0.15) is 0 Å². The van der Waals surface area contributed by atoms with E-state index >= 15 is 0 Å². The molecule has 0 amide bonds. The Morgan fingerprint density at radius 3 is 2.35 bits per heavy atom. The van der Waals surface area contributed by atoms with Crippen molar-refractivity contribution >= 4 is 34.6 Å². The fraction of sp³-hybridized carbons (Fsp3) is 0.458. The third-order valence-corrected chi connectivity index (χ3v) is 6.11. The summed E-state index contributed by atoms with van der Waals surface area (Å²) in [7, 11) is 1.61.